The lowest BCUT2D eigenvalue weighted by Crippen LogP contribution is -2.37. The molecule has 1 aliphatic carbocycles. The van der Waals surface area contributed by atoms with Gasteiger partial charge in [0.2, 0.25) is 5.91 Å². The third kappa shape index (κ3) is 4.49. The third-order valence-corrected chi connectivity index (χ3v) is 3.32. The Hall–Kier alpha value is -0.610. The largest absolute Gasteiger partial charge is 0.396 e. The Balaban J connectivity index is 2.11. The summed E-state index contributed by atoms with van der Waals surface area (Å²) in [4.78, 5) is 11.4. The number of hydrogen-bond acceptors (Lipinski definition) is 3. The monoisotopic (exact) mass is 228 g/mol. The normalized spacial score (nSPS) is 24.6. The van der Waals surface area contributed by atoms with E-state index >= 15 is 0 Å². The smallest absolute Gasteiger partial charge is 0.233 e. The molecule has 0 aromatic carbocycles. The Kier molecular flexibility index (Phi) is 6.42. The van der Waals surface area contributed by atoms with E-state index in [9.17, 15) is 4.79 Å². The molecule has 0 saturated heterocycles. The van der Waals surface area contributed by atoms with E-state index in [1.165, 1.54) is 6.42 Å². The first-order chi connectivity index (χ1) is 7.77. The summed E-state index contributed by atoms with van der Waals surface area (Å²) in [5.74, 6) is 0.932. The van der Waals surface area contributed by atoms with Crippen LogP contribution in [0, 0.1) is 11.8 Å². The fourth-order valence-electron chi connectivity index (χ4n) is 2.31. The van der Waals surface area contributed by atoms with Gasteiger partial charge in [0.25, 0.3) is 0 Å². The van der Waals surface area contributed by atoms with Crippen LogP contribution in [-0.4, -0.2) is 37.3 Å². The van der Waals surface area contributed by atoms with E-state index in [-0.39, 0.29) is 12.5 Å². The van der Waals surface area contributed by atoms with Gasteiger partial charge in [0, 0.05) is 13.2 Å². The molecule has 2 atom stereocenters. The average Bonchev–Trinajstić information content (AvgIpc) is 2.74. The lowest BCUT2D eigenvalue weighted by atomic mass is 9.97. The summed E-state index contributed by atoms with van der Waals surface area (Å²) < 4.78 is 0. The van der Waals surface area contributed by atoms with Crippen LogP contribution in [0.1, 0.15) is 32.6 Å². The topological polar surface area (TPSA) is 61.4 Å². The lowest BCUT2D eigenvalue weighted by molar-refractivity contribution is -0.120. The van der Waals surface area contributed by atoms with Crippen molar-refractivity contribution in [1.29, 1.82) is 0 Å². The van der Waals surface area contributed by atoms with E-state index in [1.54, 1.807) is 0 Å². The highest BCUT2D eigenvalue weighted by molar-refractivity contribution is 5.77. The number of nitrogens with one attached hydrogen (secondary N) is 2. The van der Waals surface area contributed by atoms with E-state index in [4.69, 9.17) is 5.11 Å². The molecule has 4 nitrogen and oxygen atoms in total. The maximum atomic E-state index is 11.4. The van der Waals surface area contributed by atoms with Crippen molar-refractivity contribution in [3.8, 4) is 0 Å². The Morgan fingerprint density at radius 2 is 2.12 bits per heavy atom. The molecule has 2 unspecified atom stereocenters. The van der Waals surface area contributed by atoms with Gasteiger partial charge in [0.05, 0.1) is 6.54 Å². The van der Waals surface area contributed by atoms with Crippen LogP contribution in [0.25, 0.3) is 0 Å². The van der Waals surface area contributed by atoms with Crippen LogP contribution >= 0.6 is 0 Å². The highest BCUT2D eigenvalue weighted by atomic mass is 16.3. The molecule has 0 bridgehead atoms. The molecular weight excluding hydrogens is 204 g/mol. The molecule has 1 saturated carbocycles. The quantitative estimate of drug-likeness (QED) is 0.556. The Morgan fingerprint density at radius 1 is 1.38 bits per heavy atom. The van der Waals surface area contributed by atoms with Crippen molar-refractivity contribution in [2.75, 3.05) is 26.2 Å². The number of carbonyl (C=O) groups excluding carboxylic acids is 1. The number of aliphatic hydroxyl groups is 1. The molecule has 0 spiro atoms. The number of carbonyl (C=O) groups is 1. The molecule has 1 rings (SSSR count). The van der Waals surface area contributed by atoms with Crippen molar-refractivity contribution in [1.82, 2.24) is 10.6 Å². The van der Waals surface area contributed by atoms with Crippen LogP contribution in [0.2, 0.25) is 0 Å². The van der Waals surface area contributed by atoms with Gasteiger partial charge in [-0.3, -0.25) is 4.79 Å². The molecule has 3 N–H and O–H groups in total. The molecule has 1 amide bonds. The molecular formula is C12H24N2O2. The van der Waals surface area contributed by atoms with Gasteiger partial charge in [-0.2, -0.15) is 0 Å². The summed E-state index contributed by atoms with van der Waals surface area (Å²) in [6.45, 7) is 4.35. The molecule has 0 aromatic rings. The van der Waals surface area contributed by atoms with Crippen LogP contribution in [0.4, 0.5) is 0 Å². The molecule has 0 heterocycles. The fourth-order valence-corrected chi connectivity index (χ4v) is 2.31. The first-order valence-electron chi connectivity index (χ1n) is 6.36. The number of hydrogen-bond donors (Lipinski definition) is 3. The van der Waals surface area contributed by atoms with Gasteiger partial charge in [-0.1, -0.05) is 13.3 Å². The second-order valence-electron chi connectivity index (χ2n) is 4.61. The first kappa shape index (κ1) is 13.5. The minimum atomic E-state index is 0.0667. The van der Waals surface area contributed by atoms with Crippen molar-refractivity contribution in [3.63, 3.8) is 0 Å². The van der Waals surface area contributed by atoms with E-state index in [1.807, 2.05) is 0 Å². The Morgan fingerprint density at radius 3 is 2.81 bits per heavy atom. The minimum Gasteiger partial charge on any atom is -0.396 e. The van der Waals surface area contributed by atoms with Crippen molar-refractivity contribution in [3.05, 3.63) is 0 Å². The van der Waals surface area contributed by atoms with Crippen LogP contribution in [0.3, 0.4) is 0 Å². The van der Waals surface area contributed by atoms with Crippen LogP contribution in [0.15, 0.2) is 0 Å². The standard InChI is InChI=1S/C12H24N2O2/c1-2-6-13-8-12(16)14-7-10-4-3-5-11(10)9-15/h10-11,13,15H,2-9H2,1H3,(H,14,16). The fraction of sp³-hybridized carbons (Fsp3) is 0.917. The Bertz CT molecular complexity index is 209. The summed E-state index contributed by atoms with van der Waals surface area (Å²) in [6.07, 6.45) is 4.46. The lowest BCUT2D eigenvalue weighted by Gasteiger charge is -2.17. The van der Waals surface area contributed by atoms with E-state index < -0.39 is 0 Å². The molecule has 4 heteroatoms. The number of aliphatic hydroxyl groups excluding tert-OH is 1. The summed E-state index contributed by atoms with van der Waals surface area (Å²) in [5.41, 5.74) is 0. The minimum absolute atomic E-state index is 0.0667. The van der Waals surface area contributed by atoms with Gasteiger partial charge in [0.15, 0.2) is 0 Å². The molecule has 1 fully saturated rings. The molecule has 0 aromatic heterocycles. The van der Waals surface area contributed by atoms with Crippen LogP contribution in [0.5, 0.6) is 0 Å². The molecule has 16 heavy (non-hydrogen) atoms. The van der Waals surface area contributed by atoms with Crippen molar-refractivity contribution < 1.29 is 9.90 Å². The van der Waals surface area contributed by atoms with E-state index in [0.29, 0.717) is 18.4 Å². The molecule has 1 aliphatic rings. The van der Waals surface area contributed by atoms with Gasteiger partial charge in [0.1, 0.15) is 0 Å². The zero-order valence-corrected chi connectivity index (χ0v) is 10.2. The maximum absolute atomic E-state index is 11.4. The van der Waals surface area contributed by atoms with Crippen molar-refractivity contribution in [2.45, 2.75) is 32.6 Å². The predicted molar refractivity (Wildman–Crippen MR) is 64.1 cm³/mol. The second kappa shape index (κ2) is 7.63. The summed E-state index contributed by atoms with van der Waals surface area (Å²) in [7, 11) is 0. The highest BCUT2D eigenvalue weighted by Gasteiger charge is 2.26. The van der Waals surface area contributed by atoms with E-state index in [2.05, 4.69) is 17.6 Å². The van der Waals surface area contributed by atoms with Gasteiger partial charge in [-0.05, 0) is 37.6 Å². The first-order valence-corrected chi connectivity index (χ1v) is 6.36. The van der Waals surface area contributed by atoms with E-state index in [0.717, 1.165) is 32.4 Å². The molecule has 0 radical (unpaired) electrons. The zero-order valence-electron chi connectivity index (χ0n) is 10.2. The van der Waals surface area contributed by atoms with Crippen LogP contribution in [-0.2, 0) is 4.79 Å². The van der Waals surface area contributed by atoms with Gasteiger partial charge >= 0.3 is 0 Å². The summed E-state index contributed by atoms with van der Waals surface area (Å²) >= 11 is 0. The Labute approximate surface area is 97.8 Å². The van der Waals surface area contributed by atoms with Crippen molar-refractivity contribution >= 4 is 5.91 Å². The SMILES string of the molecule is CCCNCC(=O)NCC1CCCC1CO. The van der Waals surface area contributed by atoms with Gasteiger partial charge in [-0.15, -0.1) is 0 Å². The zero-order chi connectivity index (χ0) is 11.8. The third-order valence-electron chi connectivity index (χ3n) is 3.32. The van der Waals surface area contributed by atoms with Gasteiger partial charge < -0.3 is 15.7 Å². The van der Waals surface area contributed by atoms with Crippen LogP contribution < -0.4 is 10.6 Å². The molecule has 0 aliphatic heterocycles. The van der Waals surface area contributed by atoms with Crippen molar-refractivity contribution in [2.24, 2.45) is 11.8 Å². The van der Waals surface area contributed by atoms with Gasteiger partial charge in [-0.25, -0.2) is 0 Å². The maximum Gasteiger partial charge on any atom is 0.233 e. The molecule has 94 valence electrons. The highest BCUT2D eigenvalue weighted by Crippen LogP contribution is 2.30. The second-order valence-corrected chi connectivity index (χ2v) is 4.61. The average molecular weight is 228 g/mol. The summed E-state index contributed by atoms with van der Waals surface area (Å²) in [5, 5.41) is 15.2. The number of amides is 1. The number of rotatable bonds is 7. The summed E-state index contributed by atoms with van der Waals surface area (Å²) in [6, 6.07) is 0. The predicted octanol–water partition coefficient (Wildman–Crippen LogP) is 0.511.